The molecule has 0 spiro atoms. The molecule has 25 heavy (non-hydrogen) atoms. The molecular formula is C14H21ClN6O4. The number of anilines is 1. The van der Waals surface area contributed by atoms with Crippen LogP contribution < -0.4 is 17.0 Å². The summed E-state index contributed by atoms with van der Waals surface area (Å²) in [4.78, 5) is 33.8. The van der Waals surface area contributed by atoms with Crippen LogP contribution in [-0.4, -0.2) is 50.1 Å². The lowest BCUT2D eigenvalue weighted by molar-refractivity contribution is -0.150. The van der Waals surface area contributed by atoms with Crippen LogP contribution in [0.15, 0.2) is 11.1 Å². The lowest BCUT2D eigenvalue weighted by atomic mass is 10.1. The lowest BCUT2D eigenvalue weighted by Crippen LogP contribution is -2.38. The smallest absolute Gasteiger partial charge is 0.323 e. The van der Waals surface area contributed by atoms with Gasteiger partial charge in [0.05, 0.1) is 12.2 Å². The van der Waals surface area contributed by atoms with Crippen molar-refractivity contribution >= 4 is 34.7 Å². The maximum Gasteiger partial charge on any atom is 0.323 e. The van der Waals surface area contributed by atoms with Gasteiger partial charge in [0, 0.05) is 0 Å². The molecule has 2 heterocycles. The number of aromatic amines is 1. The topological polar surface area (TPSA) is 151 Å². The first-order valence-corrected chi connectivity index (χ1v) is 8.17. The Morgan fingerprint density at radius 1 is 1.48 bits per heavy atom. The van der Waals surface area contributed by atoms with E-state index in [1.54, 1.807) is 0 Å². The third kappa shape index (κ3) is 4.68. The summed E-state index contributed by atoms with van der Waals surface area (Å²) in [5.41, 5.74) is 11.2. The van der Waals surface area contributed by atoms with Gasteiger partial charge in [-0.05, 0) is 5.92 Å². The zero-order valence-electron chi connectivity index (χ0n) is 13.9. The monoisotopic (exact) mass is 372 g/mol. The van der Waals surface area contributed by atoms with Gasteiger partial charge in [0.25, 0.3) is 5.56 Å². The van der Waals surface area contributed by atoms with Crippen molar-refractivity contribution in [3.8, 4) is 0 Å². The molecule has 11 heteroatoms. The minimum absolute atomic E-state index is 0.0115. The molecule has 1 unspecified atom stereocenters. The molecule has 0 saturated heterocycles. The largest absolute Gasteiger partial charge is 0.462 e. The SMILES string of the molecule is CC(C)C(N)C(=O)OC[C@@H](CCl)OCn1cnc2c(=O)[nH]c(N)nc21. The molecule has 138 valence electrons. The van der Waals surface area contributed by atoms with Gasteiger partial charge in [-0.1, -0.05) is 13.8 Å². The van der Waals surface area contributed by atoms with Gasteiger partial charge in [-0.2, -0.15) is 4.98 Å². The quantitative estimate of drug-likeness (QED) is 0.426. The van der Waals surface area contributed by atoms with Gasteiger partial charge in [-0.25, -0.2) is 4.98 Å². The van der Waals surface area contributed by atoms with Crippen LogP contribution in [-0.2, 0) is 21.0 Å². The summed E-state index contributed by atoms with van der Waals surface area (Å²) in [6.07, 6.45) is 0.847. The average Bonchev–Trinajstić information content (AvgIpc) is 2.97. The van der Waals surface area contributed by atoms with E-state index in [1.165, 1.54) is 10.9 Å². The van der Waals surface area contributed by atoms with Gasteiger partial charge in [0.1, 0.15) is 25.5 Å². The van der Waals surface area contributed by atoms with E-state index >= 15 is 0 Å². The number of H-pyrrole nitrogens is 1. The van der Waals surface area contributed by atoms with Crippen molar-refractivity contribution in [2.24, 2.45) is 11.7 Å². The molecule has 2 aromatic heterocycles. The summed E-state index contributed by atoms with van der Waals surface area (Å²) in [5.74, 6) is -0.463. The summed E-state index contributed by atoms with van der Waals surface area (Å²) in [7, 11) is 0. The molecule has 0 aliphatic heterocycles. The number of hydrogen-bond acceptors (Lipinski definition) is 8. The summed E-state index contributed by atoms with van der Waals surface area (Å²) >= 11 is 5.84. The first kappa shape index (κ1) is 19.2. The Hall–Kier alpha value is -2.17. The van der Waals surface area contributed by atoms with Crippen molar-refractivity contribution in [2.75, 3.05) is 18.2 Å². The van der Waals surface area contributed by atoms with Crippen LogP contribution in [0.4, 0.5) is 5.95 Å². The summed E-state index contributed by atoms with van der Waals surface area (Å²) < 4.78 is 12.2. The number of fused-ring (bicyclic) bond motifs is 1. The van der Waals surface area contributed by atoms with E-state index in [2.05, 4.69) is 15.0 Å². The Morgan fingerprint density at radius 3 is 2.84 bits per heavy atom. The van der Waals surface area contributed by atoms with E-state index < -0.39 is 23.7 Å². The van der Waals surface area contributed by atoms with E-state index in [-0.39, 0.29) is 42.2 Å². The molecule has 0 amide bonds. The van der Waals surface area contributed by atoms with Crippen molar-refractivity contribution < 1.29 is 14.3 Å². The predicted octanol–water partition coefficient (Wildman–Crippen LogP) is -0.190. The molecule has 2 atom stereocenters. The third-order valence-corrected chi connectivity index (χ3v) is 3.86. The fraction of sp³-hybridized carbons (Fsp3) is 0.571. The molecule has 0 fully saturated rings. The number of nitrogens with two attached hydrogens (primary N) is 2. The average molecular weight is 373 g/mol. The van der Waals surface area contributed by atoms with Crippen LogP contribution in [0.2, 0.25) is 0 Å². The van der Waals surface area contributed by atoms with Crippen LogP contribution in [0.3, 0.4) is 0 Å². The Balaban J connectivity index is 1.97. The highest BCUT2D eigenvalue weighted by Crippen LogP contribution is 2.09. The molecule has 0 aromatic carbocycles. The number of esters is 1. The molecule has 0 radical (unpaired) electrons. The number of carbonyl (C=O) groups is 1. The highest BCUT2D eigenvalue weighted by atomic mass is 35.5. The first-order valence-electron chi connectivity index (χ1n) is 7.63. The molecule has 5 N–H and O–H groups in total. The second kappa shape index (κ2) is 8.28. The minimum atomic E-state index is -0.701. The summed E-state index contributed by atoms with van der Waals surface area (Å²) in [5, 5.41) is 0. The zero-order valence-corrected chi connectivity index (χ0v) is 14.7. The third-order valence-electron chi connectivity index (χ3n) is 3.52. The standard InChI is InChI=1S/C14H21ClN6O4/c1-7(2)9(16)13(23)24-4-8(3-15)25-6-21-5-18-10-11(21)19-14(17)20-12(10)22/h5,7-9H,3-4,6,16H2,1-2H3,(H3,17,19,20,22)/t8-,9?/m1/s1. The van der Waals surface area contributed by atoms with Crippen molar-refractivity contribution in [3.63, 3.8) is 0 Å². The lowest BCUT2D eigenvalue weighted by Gasteiger charge is -2.19. The number of nitrogen functional groups attached to an aromatic ring is 1. The number of alkyl halides is 1. The number of rotatable bonds is 8. The van der Waals surface area contributed by atoms with Crippen molar-refractivity contribution in [1.82, 2.24) is 19.5 Å². The molecule has 2 rings (SSSR count). The maximum absolute atomic E-state index is 11.8. The van der Waals surface area contributed by atoms with E-state index in [4.69, 9.17) is 32.5 Å². The molecule has 0 bridgehead atoms. The van der Waals surface area contributed by atoms with Crippen molar-refractivity contribution in [2.45, 2.75) is 32.7 Å². The Kier molecular flexibility index (Phi) is 6.34. The normalized spacial score (nSPS) is 14.0. The second-order valence-corrected chi connectivity index (χ2v) is 6.12. The number of carbonyl (C=O) groups excluding carboxylic acids is 1. The summed E-state index contributed by atoms with van der Waals surface area (Å²) in [6, 6.07) is -0.701. The molecular weight excluding hydrogens is 352 g/mol. The fourth-order valence-corrected chi connectivity index (χ4v) is 2.11. The number of hydrogen-bond donors (Lipinski definition) is 3. The van der Waals surface area contributed by atoms with Gasteiger partial charge in [-0.15, -0.1) is 11.6 Å². The fourth-order valence-electron chi connectivity index (χ4n) is 1.93. The molecule has 10 nitrogen and oxygen atoms in total. The van der Waals surface area contributed by atoms with Gasteiger partial charge >= 0.3 is 5.97 Å². The number of halogens is 1. The second-order valence-electron chi connectivity index (χ2n) is 5.81. The van der Waals surface area contributed by atoms with Gasteiger partial charge in [0.2, 0.25) is 5.95 Å². The highest BCUT2D eigenvalue weighted by Gasteiger charge is 2.21. The minimum Gasteiger partial charge on any atom is -0.462 e. The summed E-state index contributed by atoms with van der Waals surface area (Å²) in [6.45, 7) is 3.63. The Labute approximate surface area is 148 Å². The van der Waals surface area contributed by atoms with E-state index in [0.717, 1.165) is 0 Å². The van der Waals surface area contributed by atoms with Crippen molar-refractivity contribution in [3.05, 3.63) is 16.7 Å². The number of aromatic nitrogens is 4. The molecule has 0 aliphatic rings. The molecule has 0 aliphatic carbocycles. The highest BCUT2D eigenvalue weighted by molar-refractivity contribution is 6.18. The van der Waals surface area contributed by atoms with Gasteiger partial charge in [0.15, 0.2) is 11.2 Å². The maximum atomic E-state index is 11.8. The molecule has 2 aromatic rings. The number of nitrogens with one attached hydrogen (secondary N) is 1. The van der Waals surface area contributed by atoms with Gasteiger partial charge < -0.3 is 20.9 Å². The Morgan fingerprint density at radius 2 is 2.20 bits per heavy atom. The van der Waals surface area contributed by atoms with Crippen LogP contribution >= 0.6 is 11.6 Å². The van der Waals surface area contributed by atoms with Crippen LogP contribution in [0.25, 0.3) is 11.2 Å². The van der Waals surface area contributed by atoms with Crippen LogP contribution in [0.1, 0.15) is 13.8 Å². The van der Waals surface area contributed by atoms with Gasteiger partial charge in [-0.3, -0.25) is 19.1 Å². The number of ether oxygens (including phenoxy) is 2. The van der Waals surface area contributed by atoms with Crippen molar-refractivity contribution in [1.29, 1.82) is 0 Å². The predicted molar refractivity (Wildman–Crippen MR) is 91.9 cm³/mol. The first-order chi connectivity index (χ1) is 11.8. The molecule has 0 saturated carbocycles. The van der Waals surface area contributed by atoms with Crippen LogP contribution in [0, 0.1) is 5.92 Å². The van der Waals surface area contributed by atoms with E-state index in [1.807, 2.05) is 13.8 Å². The number of imidazole rings is 1. The zero-order chi connectivity index (χ0) is 18.6. The number of nitrogens with zero attached hydrogens (tertiary/aromatic N) is 3. The Bertz CT molecular complexity index is 789. The van der Waals surface area contributed by atoms with E-state index in [9.17, 15) is 9.59 Å². The van der Waals surface area contributed by atoms with Crippen LogP contribution in [0.5, 0.6) is 0 Å². The van der Waals surface area contributed by atoms with E-state index in [0.29, 0.717) is 0 Å².